The zero-order chi connectivity index (χ0) is 15.5. The van der Waals surface area contributed by atoms with Crippen LogP contribution in [0.2, 0.25) is 0 Å². The Labute approximate surface area is 129 Å². The number of aliphatic hydroxyl groups excluding tert-OH is 2. The molecular formula is C16H21N3O3. The van der Waals surface area contributed by atoms with Gasteiger partial charge < -0.3 is 14.6 Å². The van der Waals surface area contributed by atoms with Crippen molar-refractivity contribution in [1.29, 1.82) is 0 Å². The predicted molar refractivity (Wildman–Crippen MR) is 81.9 cm³/mol. The molecule has 3 heterocycles. The van der Waals surface area contributed by atoms with Crippen molar-refractivity contribution < 1.29 is 14.6 Å². The van der Waals surface area contributed by atoms with E-state index < -0.39 is 6.10 Å². The topological polar surface area (TPSA) is 74.7 Å². The molecule has 0 fully saturated rings. The van der Waals surface area contributed by atoms with E-state index in [4.69, 9.17) is 9.52 Å². The number of aromatic nitrogens is 2. The first-order chi connectivity index (χ1) is 10.7. The molecule has 1 unspecified atom stereocenters. The van der Waals surface area contributed by atoms with Crippen molar-refractivity contribution in [3.05, 3.63) is 47.2 Å². The lowest BCUT2D eigenvalue weighted by Crippen LogP contribution is -2.34. The van der Waals surface area contributed by atoms with E-state index in [9.17, 15) is 5.11 Å². The Hall–Kier alpha value is -1.89. The number of hydrogen-bond acceptors (Lipinski definition) is 5. The Morgan fingerprint density at radius 3 is 3.09 bits per heavy atom. The fourth-order valence-electron chi connectivity index (χ4n) is 2.75. The van der Waals surface area contributed by atoms with Gasteiger partial charge in [-0.2, -0.15) is 5.10 Å². The molecule has 2 aromatic rings. The Morgan fingerprint density at radius 2 is 2.36 bits per heavy atom. The second-order valence-electron chi connectivity index (χ2n) is 5.70. The summed E-state index contributed by atoms with van der Waals surface area (Å²) in [6.45, 7) is 5.15. The van der Waals surface area contributed by atoms with Crippen molar-refractivity contribution in [1.82, 2.24) is 14.7 Å². The van der Waals surface area contributed by atoms with Gasteiger partial charge in [-0.25, -0.2) is 0 Å². The molecule has 2 aromatic heterocycles. The summed E-state index contributed by atoms with van der Waals surface area (Å²) < 4.78 is 7.24. The molecule has 118 valence electrons. The third kappa shape index (κ3) is 3.30. The monoisotopic (exact) mass is 303 g/mol. The van der Waals surface area contributed by atoms with Crippen LogP contribution in [0.4, 0.5) is 0 Å². The minimum absolute atomic E-state index is 0.300. The highest BCUT2D eigenvalue weighted by atomic mass is 16.3. The van der Waals surface area contributed by atoms with Crippen LogP contribution in [-0.2, 0) is 13.1 Å². The van der Waals surface area contributed by atoms with E-state index in [2.05, 4.69) is 16.9 Å². The Morgan fingerprint density at radius 1 is 1.50 bits per heavy atom. The van der Waals surface area contributed by atoms with Gasteiger partial charge in [0.1, 0.15) is 11.9 Å². The largest absolute Gasteiger partial charge is 0.465 e. The van der Waals surface area contributed by atoms with E-state index in [-0.39, 0.29) is 6.61 Å². The summed E-state index contributed by atoms with van der Waals surface area (Å²) in [6, 6.07) is 5.70. The normalized spacial score (nSPS) is 17.5. The van der Waals surface area contributed by atoms with E-state index in [1.165, 1.54) is 5.57 Å². The summed E-state index contributed by atoms with van der Waals surface area (Å²) in [4.78, 5) is 2.33. The third-order valence-corrected chi connectivity index (χ3v) is 3.82. The zero-order valence-corrected chi connectivity index (χ0v) is 12.6. The van der Waals surface area contributed by atoms with Crippen molar-refractivity contribution in [3.8, 4) is 0 Å². The molecule has 1 aliphatic rings. The molecule has 6 nitrogen and oxygen atoms in total. The Kier molecular flexibility index (Phi) is 4.42. The lowest BCUT2D eigenvalue weighted by atomic mass is 10.2. The maximum atomic E-state index is 9.67. The number of aliphatic hydroxyl groups is 2. The molecule has 0 aliphatic carbocycles. The molecule has 0 amide bonds. The Bertz CT molecular complexity index is 646. The lowest BCUT2D eigenvalue weighted by Gasteiger charge is -2.27. The highest BCUT2D eigenvalue weighted by Crippen LogP contribution is 2.19. The van der Waals surface area contributed by atoms with Crippen molar-refractivity contribution in [2.75, 3.05) is 19.7 Å². The molecule has 0 saturated carbocycles. The van der Waals surface area contributed by atoms with Crippen LogP contribution in [0, 0.1) is 0 Å². The van der Waals surface area contributed by atoms with Gasteiger partial charge in [0.25, 0.3) is 0 Å². The predicted octanol–water partition coefficient (Wildman–Crippen LogP) is 1.42. The average molecular weight is 303 g/mol. The standard InChI is InChI=1S/C16H21N3O3/c1-12(7-14-3-2-6-22-14)9-18-4-5-19-13(10-18)8-15(17-19)16(21)11-20/h2-3,6-8,16,20-21H,4-5,9-11H2,1H3/b12-7+. The molecule has 2 N–H and O–H groups in total. The van der Waals surface area contributed by atoms with Crippen molar-refractivity contribution in [2.24, 2.45) is 0 Å². The zero-order valence-electron chi connectivity index (χ0n) is 12.6. The number of hydrogen-bond donors (Lipinski definition) is 2. The van der Waals surface area contributed by atoms with Gasteiger partial charge in [-0.15, -0.1) is 0 Å². The summed E-state index contributed by atoms with van der Waals surface area (Å²) in [6.07, 6.45) is 2.83. The van der Waals surface area contributed by atoms with Gasteiger partial charge in [-0.1, -0.05) is 5.57 Å². The SMILES string of the molecule is C/C(=C\c1ccco1)CN1CCn2nc(C(O)CO)cc2C1. The molecule has 6 heteroatoms. The number of fused-ring (bicyclic) bond motifs is 1. The van der Waals surface area contributed by atoms with Crippen molar-refractivity contribution in [2.45, 2.75) is 26.1 Å². The van der Waals surface area contributed by atoms with E-state index in [1.807, 2.05) is 29.0 Å². The first-order valence-electron chi connectivity index (χ1n) is 7.44. The maximum Gasteiger partial charge on any atom is 0.126 e. The van der Waals surface area contributed by atoms with Gasteiger partial charge in [0.05, 0.1) is 30.8 Å². The van der Waals surface area contributed by atoms with Crippen LogP contribution in [-0.4, -0.2) is 44.6 Å². The quantitative estimate of drug-likeness (QED) is 0.874. The van der Waals surface area contributed by atoms with E-state index >= 15 is 0 Å². The molecule has 1 aliphatic heterocycles. The molecule has 22 heavy (non-hydrogen) atoms. The Balaban J connectivity index is 1.65. The molecule has 3 rings (SSSR count). The molecule has 0 bridgehead atoms. The molecular weight excluding hydrogens is 282 g/mol. The molecule has 0 spiro atoms. The number of rotatable bonds is 5. The minimum Gasteiger partial charge on any atom is -0.465 e. The average Bonchev–Trinajstić information content (AvgIpc) is 3.14. The van der Waals surface area contributed by atoms with Crippen LogP contribution >= 0.6 is 0 Å². The van der Waals surface area contributed by atoms with E-state index in [0.29, 0.717) is 5.69 Å². The minimum atomic E-state index is -0.896. The molecule has 1 atom stereocenters. The van der Waals surface area contributed by atoms with Crippen molar-refractivity contribution >= 4 is 6.08 Å². The van der Waals surface area contributed by atoms with Crippen LogP contribution in [0.5, 0.6) is 0 Å². The fourth-order valence-corrected chi connectivity index (χ4v) is 2.75. The first kappa shape index (κ1) is 15.0. The summed E-state index contributed by atoms with van der Waals surface area (Å²) in [5.74, 6) is 0.868. The lowest BCUT2D eigenvalue weighted by molar-refractivity contribution is 0.0915. The summed E-state index contributed by atoms with van der Waals surface area (Å²) >= 11 is 0. The number of nitrogens with zero attached hydrogens (tertiary/aromatic N) is 3. The van der Waals surface area contributed by atoms with Crippen LogP contribution in [0.25, 0.3) is 6.08 Å². The summed E-state index contributed by atoms with van der Waals surface area (Å²) in [7, 11) is 0. The van der Waals surface area contributed by atoms with Crippen LogP contribution < -0.4 is 0 Å². The van der Waals surface area contributed by atoms with E-state index in [1.54, 1.807) is 6.26 Å². The van der Waals surface area contributed by atoms with Gasteiger partial charge in [0.15, 0.2) is 0 Å². The maximum absolute atomic E-state index is 9.67. The number of furan rings is 1. The molecule has 0 saturated heterocycles. The molecule has 0 aromatic carbocycles. The fraction of sp³-hybridized carbons (Fsp3) is 0.438. The highest BCUT2D eigenvalue weighted by molar-refractivity contribution is 5.46. The summed E-state index contributed by atoms with van der Waals surface area (Å²) in [5.41, 5.74) is 2.85. The van der Waals surface area contributed by atoms with Crippen LogP contribution in [0.1, 0.15) is 30.2 Å². The highest BCUT2D eigenvalue weighted by Gasteiger charge is 2.20. The van der Waals surface area contributed by atoms with Gasteiger partial charge in [0.2, 0.25) is 0 Å². The second kappa shape index (κ2) is 6.48. The smallest absolute Gasteiger partial charge is 0.126 e. The van der Waals surface area contributed by atoms with Gasteiger partial charge in [0, 0.05) is 19.6 Å². The summed E-state index contributed by atoms with van der Waals surface area (Å²) in [5, 5.41) is 23.0. The van der Waals surface area contributed by atoms with Gasteiger partial charge in [-0.3, -0.25) is 9.58 Å². The van der Waals surface area contributed by atoms with Crippen LogP contribution in [0.3, 0.4) is 0 Å². The third-order valence-electron chi connectivity index (χ3n) is 3.82. The van der Waals surface area contributed by atoms with Gasteiger partial charge in [-0.05, 0) is 31.2 Å². The van der Waals surface area contributed by atoms with E-state index in [0.717, 1.165) is 37.6 Å². The van der Waals surface area contributed by atoms with Crippen LogP contribution in [0.15, 0.2) is 34.5 Å². The second-order valence-corrected chi connectivity index (χ2v) is 5.70. The molecule has 0 radical (unpaired) electrons. The van der Waals surface area contributed by atoms with Gasteiger partial charge >= 0.3 is 0 Å². The first-order valence-corrected chi connectivity index (χ1v) is 7.44. The van der Waals surface area contributed by atoms with Crippen molar-refractivity contribution in [3.63, 3.8) is 0 Å².